The number of allylic oxidation sites excluding steroid dienone is 2. The Morgan fingerprint density at radius 3 is 2.48 bits per heavy atom. The molecule has 0 bridgehead atoms. The van der Waals surface area contributed by atoms with E-state index < -0.39 is 0 Å². The zero-order chi connectivity index (χ0) is 19.4. The number of aliphatic hydroxyl groups is 1. The van der Waals surface area contributed by atoms with Gasteiger partial charge in [-0.25, -0.2) is 0 Å². The first-order valence-corrected chi connectivity index (χ1v) is 12.2. The lowest BCUT2D eigenvalue weighted by atomic mass is 9.43. The largest absolute Gasteiger partial charge is 0.393 e. The maximum absolute atomic E-state index is 10.4. The summed E-state index contributed by atoms with van der Waals surface area (Å²) in [6, 6.07) is 0. The fourth-order valence-corrected chi connectivity index (χ4v) is 9.09. The van der Waals surface area contributed by atoms with Crippen LogP contribution in [0.1, 0.15) is 98.8 Å². The Kier molecular flexibility index (Phi) is 5.32. The van der Waals surface area contributed by atoms with Gasteiger partial charge in [-0.05, 0) is 105 Å². The van der Waals surface area contributed by atoms with Gasteiger partial charge in [0.2, 0.25) is 0 Å². The Morgan fingerprint density at radius 2 is 1.78 bits per heavy atom. The van der Waals surface area contributed by atoms with Gasteiger partial charge < -0.3 is 5.11 Å². The van der Waals surface area contributed by atoms with Crippen molar-refractivity contribution >= 4 is 0 Å². The van der Waals surface area contributed by atoms with Gasteiger partial charge in [-0.1, -0.05) is 52.2 Å². The molecule has 0 heterocycles. The molecule has 0 amide bonds. The van der Waals surface area contributed by atoms with Crippen LogP contribution in [0.3, 0.4) is 0 Å². The molecule has 1 nitrogen and oxygen atoms in total. The van der Waals surface area contributed by atoms with Gasteiger partial charge in [-0.3, -0.25) is 0 Å². The Hall–Kier alpha value is -0.300. The van der Waals surface area contributed by atoms with Crippen LogP contribution in [0.15, 0.2) is 11.6 Å². The Morgan fingerprint density at radius 1 is 1.07 bits per heavy atom. The third-order valence-corrected chi connectivity index (χ3v) is 10.4. The van der Waals surface area contributed by atoms with Crippen LogP contribution < -0.4 is 0 Å². The van der Waals surface area contributed by atoms with Gasteiger partial charge in [0.05, 0.1) is 6.10 Å². The standard InChI is InChI=1S/C26H44O/c1-6-8-17(3)21-9-10-22-20-15-18(7-2)24-16-19(27)11-13-26(24,5)23(20)12-14-25(21,22)4/h7,17,19-24,27H,6,8-16H2,1-5H3/t17-,19-,20?,21-,22?,23?,24?,25-,26-/m1/s1. The summed E-state index contributed by atoms with van der Waals surface area (Å²) in [4.78, 5) is 0. The van der Waals surface area contributed by atoms with Crippen LogP contribution in [0, 0.1) is 46.3 Å². The van der Waals surface area contributed by atoms with Gasteiger partial charge in [0.15, 0.2) is 0 Å². The number of aliphatic hydroxyl groups excluding tert-OH is 1. The van der Waals surface area contributed by atoms with Crippen LogP contribution in [0.4, 0.5) is 0 Å². The highest BCUT2D eigenvalue weighted by atomic mass is 16.3. The van der Waals surface area contributed by atoms with Crippen molar-refractivity contribution < 1.29 is 5.11 Å². The molecule has 0 saturated heterocycles. The molecule has 0 aliphatic heterocycles. The SMILES string of the molecule is CC=C1CC2C(CC[C@@]3(C)C2CC[C@@H]3[C@H](C)CCC)[C@@]2(C)CC[C@@H](O)CC12. The molecule has 27 heavy (non-hydrogen) atoms. The second kappa shape index (κ2) is 7.19. The number of rotatable bonds is 3. The summed E-state index contributed by atoms with van der Waals surface area (Å²) in [7, 11) is 0. The van der Waals surface area contributed by atoms with Crippen LogP contribution in [0.25, 0.3) is 0 Å². The van der Waals surface area contributed by atoms with Crippen molar-refractivity contribution in [3.63, 3.8) is 0 Å². The molecule has 0 aromatic rings. The summed E-state index contributed by atoms with van der Waals surface area (Å²) in [5.41, 5.74) is 2.73. The van der Waals surface area contributed by atoms with Crippen LogP contribution >= 0.6 is 0 Å². The summed E-state index contributed by atoms with van der Waals surface area (Å²) in [5.74, 6) is 5.26. The smallest absolute Gasteiger partial charge is 0.0546 e. The fourth-order valence-electron chi connectivity index (χ4n) is 9.09. The van der Waals surface area contributed by atoms with Crippen molar-refractivity contribution in [3.05, 3.63) is 11.6 Å². The quantitative estimate of drug-likeness (QED) is 0.529. The highest BCUT2D eigenvalue weighted by Gasteiger charge is 2.61. The van der Waals surface area contributed by atoms with Crippen molar-refractivity contribution in [3.8, 4) is 0 Å². The van der Waals surface area contributed by atoms with Gasteiger partial charge in [-0.2, -0.15) is 0 Å². The molecule has 4 aliphatic rings. The lowest BCUT2D eigenvalue weighted by molar-refractivity contribution is -0.109. The van der Waals surface area contributed by atoms with Gasteiger partial charge in [0.1, 0.15) is 0 Å². The lowest BCUT2D eigenvalue weighted by Crippen LogP contribution is -2.54. The van der Waals surface area contributed by atoms with Crippen molar-refractivity contribution in [2.75, 3.05) is 0 Å². The molecule has 0 spiro atoms. The van der Waals surface area contributed by atoms with Crippen molar-refractivity contribution in [1.29, 1.82) is 0 Å². The van der Waals surface area contributed by atoms with E-state index in [4.69, 9.17) is 0 Å². The van der Waals surface area contributed by atoms with E-state index in [2.05, 4.69) is 40.7 Å². The van der Waals surface area contributed by atoms with E-state index in [1.807, 2.05) is 0 Å². The predicted molar refractivity (Wildman–Crippen MR) is 114 cm³/mol. The second-order valence-corrected chi connectivity index (χ2v) is 11.4. The number of hydrogen-bond donors (Lipinski definition) is 1. The van der Waals surface area contributed by atoms with Crippen LogP contribution in [0.2, 0.25) is 0 Å². The molecule has 154 valence electrons. The number of hydrogen-bond acceptors (Lipinski definition) is 1. The van der Waals surface area contributed by atoms with E-state index in [-0.39, 0.29) is 6.10 Å². The average Bonchev–Trinajstić information content (AvgIpc) is 2.99. The van der Waals surface area contributed by atoms with E-state index in [0.29, 0.717) is 16.7 Å². The molecule has 1 heteroatoms. The third-order valence-electron chi connectivity index (χ3n) is 10.4. The first kappa shape index (κ1) is 20.0. The molecule has 0 radical (unpaired) electrons. The highest BCUT2D eigenvalue weighted by molar-refractivity contribution is 5.22. The fraction of sp³-hybridized carbons (Fsp3) is 0.923. The summed E-state index contributed by atoms with van der Waals surface area (Å²) in [5, 5.41) is 10.4. The molecule has 0 aromatic heterocycles. The summed E-state index contributed by atoms with van der Waals surface area (Å²) < 4.78 is 0. The zero-order valence-electron chi connectivity index (χ0n) is 18.6. The molecule has 9 atom stereocenters. The van der Waals surface area contributed by atoms with Gasteiger partial charge in [0.25, 0.3) is 0 Å². The van der Waals surface area contributed by atoms with E-state index >= 15 is 0 Å². The monoisotopic (exact) mass is 372 g/mol. The molecule has 4 aliphatic carbocycles. The van der Waals surface area contributed by atoms with E-state index in [0.717, 1.165) is 42.4 Å². The van der Waals surface area contributed by atoms with Crippen molar-refractivity contribution in [1.82, 2.24) is 0 Å². The lowest BCUT2D eigenvalue weighted by Gasteiger charge is -2.62. The maximum atomic E-state index is 10.4. The summed E-state index contributed by atoms with van der Waals surface area (Å²) in [6.45, 7) is 12.5. The van der Waals surface area contributed by atoms with Gasteiger partial charge >= 0.3 is 0 Å². The Bertz CT molecular complexity index is 579. The van der Waals surface area contributed by atoms with Crippen LogP contribution in [0.5, 0.6) is 0 Å². The summed E-state index contributed by atoms with van der Waals surface area (Å²) in [6.07, 6.45) is 15.7. The van der Waals surface area contributed by atoms with Crippen molar-refractivity contribution in [2.24, 2.45) is 46.3 Å². The minimum absolute atomic E-state index is 0.0609. The first-order valence-electron chi connectivity index (χ1n) is 12.2. The van der Waals surface area contributed by atoms with Gasteiger partial charge in [0, 0.05) is 0 Å². The molecule has 1 N–H and O–H groups in total. The molecule has 4 unspecified atom stereocenters. The van der Waals surface area contributed by atoms with E-state index in [1.54, 1.807) is 5.57 Å². The minimum Gasteiger partial charge on any atom is -0.393 e. The maximum Gasteiger partial charge on any atom is 0.0546 e. The van der Waals surface area contributed by atoms with Crippen LogP contribution in [-0.2, 0) is 0 Å². The molecular formula is C26H44O. The number of fused-ring (bicyclic) bond motifs is 5. The average molecular weight is 373 g/mol. The van der Waals surface area contributed by atoms with Gasteiger partial charge in [-0.15, -0.1) is 0 Å². The Labute approximate surface area is 168 Å². The zero-order valence-corrected chi connectivity index (χ0v) is 18.6. The topological polar surface area (TPSA) is 20.2 Å². The normalized spacial score (nSPS) is 52.1. The second-order valence-electron chi connectivity index (χ2n) is 11.4. The van der Waals surface area contributed by atoms with E-state index in [9.17, 15) is 5.11 Å². The molecule has 4 fully saturated rings. The third kappa shape index (κ3) is 2.97. The molecule has 0 aromatic carbocycles. The first-order chi connectivity index (χ1) is 12.8. The van der Waals surface area contributed by atoms with Crippen LogP contribution in [-0.4, -0.2) is 11.2 Å². The Balaban J connectivity index is 1.64. The molecule has 4 saturated carbocycles. The molecule has 4 rings (SSSR count). The van der Waals surface area contributed by atoms with E-state index in [1.165, 1.54) is 51.4 Å². The minimum atomic E-state index is -0.0609. The van der Waals surface area contributed by atoms with Crippen molar-refractivity contribution in [2.45, 2.75) is 105 Å². The predicted octanol–water partition coefficient (Wildman–Crippen LogP) is 7.00. The molecular weight excluding hydrogens is 328 g/mol. The summed E-state index contributed by atoms with van der Waals surface area (Å²) >= 11 is 0. The highest BCUT2D eigenvalue weighted by Crippen LogP contribution is 2.69.